The summed E-state index contributed by atoms with van der Waals surface area (Å²) in [6.07, 6.45) is 4.82. The maximum absolute atomic E-state index is 11.7. The van der Waals surface area contributed by atoms with E-state index in [0.717, 1.165) is 42.1 Å². The number of rotatable bonds is 8. The molecule has 0 saturated heterocycles. The van der Waals surface area contributed by atoms with Gasteiger partial charge in [-0.2, -0.15) is 0 Å². The maximum Gasteiger partial charge on any atom is 0.447 e. The van der Waals surface area contributed by atoms with Crippen LogP contribution < -0.4 is 0 Å². The van der Waals surface area contributed by atoms with Crippen molar-refractivity contribution in [2.75, 3.05) is 27.0 Å². The molecule has 0 aliphatic rings. The molecule has 2 amide bonds. The molecule has 0 bridgehead atoms. The second kappa shape index (κ2) is 12.5. The number of thioether (sulfide) groups is 1. The molecule has 0 unspecified atom stereocenters. The van der Waals surface area contributed by atoms with E-state index in [1.807, 2.05) is 6.26 Å². The molecule has 0 fully saturated rings. The van der Waals surface area contributed by atoms with E-state index in [0.29, 0.717) is 11.7 Å². The van der Waals surface area contributed by atoms with Crippen molar-refractivity contribution in [2.45, 2.75) is 39.5 Å². The van der Waals surface area contributed by atoms with E-state index in [4.69, 9.17) is 9.57 Å². The molecule has 9 heteroatoms. The van der Waals surface area contributed by atoms with Gasteiger partial charge in [0.25, 0.3) is 0 Å². The average Bonchev–Trinajstić information content (AvgIpc) is 2.51. The molecule has 0 aromatic rings. The zero-order valence-electron chi connectivity index (χ0n) is 13.8. The van der Waals surface area contributed by atoms with Gasteiger partial charge in [0.1, 0.15) is 5.04 Å². The summed E-state index contributed by atoms with van der Waals surface area (Å²) >= 11 is 2.26. The van der Waals surface area contributed by atoms with Crippen molar-refractivity contribution >= 4 is 41.1 Å². The topological polar surface area (TPSA) is 71.4 Å². The molecule has 22 heavy (non-hydrogen) atoms. The summed E-state index contributed by atoms with van der Waals surface area (Å²) in [4.78, 5) is 28.1. The van der Waals surface area contributed by atoms with Crippen LogP contribution in [0.5, 0.6) is 0 Å². The van der Waals surface area contributed by atoms with Crippen molar-refractivity contribution in [1.82, 2.24) is 8.61 Å². The predicted octanol–water partition coefficient (Wildman–Crippen LogP) is 3.96. The molecule has 7 nitrogen and oxygen atoms in total. The first kappa shape index (κ1) is 20.9. The van der Waals surface area contributed by atoms with E-state index in [9.17, 15) is 9.59 Å². The summed E-state index contributed by atoms with van der Waals surface area (Å²) in [5.41, 5.74) is 0. The Morgan fingerprint density at radius 1 is 1.09 bits per heavy atom. The third kappa shape index (κ3) is 9.78. The second-order valence-corrected chi connectivity index (χ2v) is 6.68. The van der Waals surface area contributed by atoms with E-state index >= 15 is 0 Å². The van der Waals surface area contributed by atoms with Crippen molar-refractivity contribution in [3.8, 4) is 0 Å². The Balaban J connectivity index is 4.04. The Kier molecular flexibility index (Phi) is 11.8. The molecule has 0 heterocycles. The predicted molar refractivity (Wildman–Crippen MR) is 91.7 cm³/mol. The van der Waals surface area contributed by atoms with Gasteiger partial charge in [-0.15, -0.1) is 11.8 Å². The molecule has 0 aliphatic heterocycles. The van der Waals surface area contributed by atoms with Crippen molar-refractivity contribution in [2.24, 2.45) is 5.16 Å². The Labute approximate surface area is 141 Å². The van der Waals surface area contributed by atoms with Crippen LogP contribution in [0.25, 0.3) is 0 Å². The molecule has 0 atom stereocenters. The molecule has 0 spiro atoms. The summed E-state index contributed by atoms with van der Waals surface area (Å²) < 4.78 is 7.49. The number of ether oxygens (including phenoxy) is 1. The number of nitrogens with zero attached hydrogens (tertiary/aromatic N) is 3. The molecular formula is C13H25N3O4S2. The van der Waals surface area contributed by atoms with Gasteiger partial charge in [0.05, 0.1) is 18.7 Å². The van der Waals surface area contributed by atoms with Gasteiger partial charge in [0, 0.05) is 14.1 Å². The quantitative estimate of drug-likeness (QED) is 0.165. The SMILES string of the molecule is CCCCCCOC(=O)N(C)SN(C)C(=O)O/N=C(\C)SC. The Morgan fingerprint density at radius 2 is 1.73 bits per heavy atom. The van der Waals surface area contributed by atoms with Gasteiger partial charge in [-0.1, -0.05) is 31.3 Å². The van der Waals surface area contributed by atoms with Crippen molar-refractivity contribution in [3.05, 3.63) is 0 Å². The van der Waals surface area contributed by atoms with Crippen LogP contribution in [0.3, 0.4) is 0 Å². The fraction of sp³-hybridized carbons (Fsp3) is 0.769. The zero-order valence-corrected chi connectivity index (χ0v) is 15.5. The van der Waals surface area contributed by atoms with Gasteiger partial charge in [-0.25, -0.2) is 18.2 Å². The van der Waals surface area contributed by atoms with Gasteiger partial charge in [0.2, 0.25) is 0 Å². The molecule has 0 aliphatic carbocycles. The fourth-order valence-electron chi connectivity index (χ4n) is 1.23. The van der Waals surface area contributed by atoms with Gasteiger partial charge in [-0.05, 0) is 19.6 Å². The highest BCUT2D eigenvalue weighted by molar-refractivity contribution is 8.13. The van der Waals surface area contributed by atoms with Crippen LogP contribution in [-0.2, 0) is 9.57 Å². The van der Waals surface area contributed by atoms with Gasteiger partial charge < -0.3 is 4.74 Å². The van der Waals surface area contributed by atoms with Crippen LogP contribution in [0.15, 0.2) is 5.16 Å². The molecule has 0 N–H and O–H groups in total. The number of carbonyl (C=O) groups is 2. The van der Waals surface area contributed by atoms with E-state index < -0.39 is 12.2 Å². The monoisotopic (exact) mass is 351 g/mol. The molecule has 0 aromatic carbocycles. The molecule has 128 valence electrons. The molecule has 0 radical (unpaired) electrons. The first-order valence-corrected chi connectivity index (χ1v) is 8.99. The van der Waals surface area contributed by atoms with Crippen LogP contribution in [0.4, 0.5) is 9.59 Å². The molecule has 0 rings (SSSR count). The third-order valence-electron chi connectivity index (χ3n) is 2.53. The van der Waals surface area contributed by atoms with Crippen LogP contribution in [0.2, 0.25) is 0 Å². The van der Waals surface area contributed by atoms with Gasteiger partial charge in [0.15, 0.2) is 0 Å². The largest absolute Gasteiger partial charge is 0.449 e. The number of carbonyl (C=O) groups excluding carboxylic acids is 2. The second-order valence-electron chi connectivity index (χ2n) is 4.42. The third-order valence-corrected chi connectivity index (χ3v) is 3.98. The van der Waals surface area contributed by atoms with Crippen LogP contribution >= 0.6 is 23.9 Å². The molecule has 0 aromatic heterocycles. The molecule has 0 saturated carbocycles. The van der Waals surface area contributed by atoms with E-state index in [-0.39, 0.29) is 0 Å². The fourth-order valence-corrected chi connectivity index (χ4v) is 1.93. The Hall–Kier alpha value is -1.09. The number of unbranched alkanes of at least 4 members (excludes halogenated alkanes) is 3. The number of oxime groups is 1. The zero-order chi connectivity index (χ0) is 17.0. The van der Waals surface area contributed by atoms with Gasteiger partial charge >= 0.3 is 12.2 Å². The first-order valence-electron chi connectivity index (χ1n) is 7.04. The minimum Gasteiger partial charge on any atom is -0.449 e. The molecular weight excluding hydrogens is 326 g/mol. The summed E-state index contributed by atoms with van der Waals surface area (Å²) in [6, 6.07) is 0. The highest BCUT2D eigenvalue weighted by Crippen LogP contribution is 2.15. The van der Waals surface area contributed by atoms with Crippen molar-refractivity contribution in [1.29, 1.82) is 0 Å². The number of hydrogen-bond donors (Lipinski definition) is 0. The van der Waals surface area contributed by atoms with Crippen molar-refractivity contribution < 1.29 is 19.2 Å². The number of hydrogen-bond acceptors (Lipinski definition) is 7. The summed E-state index contributed by atoms with van der Waals surface area (Å²) in [7, 11) is 3.02. The number of amides is 2. The smallest absolute Gasteiger partial charge is 0.447 e. The summed E-state index contributed by atoms with van der Waals surface area (Å²) in [5.74, 6) is 0. The minimum atomic E-state index is -0.666. The lowest BCUT2D eigenvalue weighted by Crippen LogP contribution is -2.29. The lowest BCUT2D eigenvalue weighted by Gasteiger charge is -2.20. The lowest BCUT2D eigenvalue weighted by molar-refractivity contribution is 0.127. The first-order chi connectivity index (χ1) is 10.4. The van der Waals surface area contributed by atoms with E-state index in [2.05, 4.69) is 12.1 Å². The Morgan fingerprint density at radius 3 is 2.32 bits per heavy atom. The van der Waals surface area contributed by atoms with Crippen LogP contribution in [0, 0.1) is 0 Å². The summed E-state index contributed by atoms with van der Waals surface area (Å²) in [5, 5.41) is 4.27. The highest BCUT2D eigenvalue weighted by atomic mass is 32.2. The highest BCUT2D eigenvalue weighted by Gasteiger charge is 2.18. The van der Waals surface area contributed by atoms with Crippen LogP contribution in [0.1, 0.15) is 39.5 Å². The summed E-state index contributed by atoms with van der Waals surface area (Å²) in [6.45, 7) is 4.23. The normalized spacial score (nSPS) is 11.0. The van der Waals surface area contributed by atoms with Gasteiger partial charge in [-0.3, -0.25) is 4.84 Å². The maximum atomic E-state index is 11.7. The lowest BCUT2D eigenvalue weighted by atomic mass is 10.2. The Bertz CT molecular complexity index is 380. The average molecular weight is 351 g/mol. The minimum absolute atomic E-state index is 0.384. The van der Waals surface area contributed by atoms with Crippen LogP contribution in [-0.4, -0.2) is 52.8 Å². The standard InChI is InChI=1S/C13H25N3O4S2/c1-6-7-8-9-10-19-12(17)15(3)22-16(4)13(18)20-14-11(2)21-5/h6-10H2,1-5H3/b14-11+. The van der Waals surface area contributed by atoms with E-state index in [1.54, 1.807) is 6.92 Å². The van der Waals surface area contributed by atoms with Crippen molar-refractivity contribution in [3.63, 3.8) is 0 Å². The van der Waals surface area contributed by atoms with E-state index in [1.165, 1.54) is 30.2 Å².